The molecule has 0 bridgehead atoms. The second-order valence-electron chi connectivity index (χ2n) is 7.01. The minimum atomic E-state index is -0.116. The first-order valence-corrected chi connectivity index (χ1v) is 9.12. The molecule has 0 amide bonds. The fourth-order valence-corrected chi connectivity index (χ4v) is 3.67. The van der Waals surface area contributed by atoms with Gasteiger partial charge < -0.3 is 9.13 Å². The van der Waals surface area contributed by atoms with Crippen LogP contribution >= 0.6 is 0 Å². The number of fused-ring (bicyclic) bond motifs is 2. The Kier molecular flexibility index (Phi) is 3.79. The van der Waals surface area contributed by atoms with Gasteiger partial charge in [-0.3, -0.25) is 9.78 Å². The van der Waals surface area contributed by atoms with Gasteiger partial charge >= 0.3 is 0 Å². The maximum Gasteiger partial charge on any atom is 0.269 e. The van der Waals surface area contributed by atoms with Gasteiger partial charge in [0.05, 0.1) is 24.5 Å². The SMILES string of the molecule is Cn1cc2ccc(-c3cccc(Cn4c(=O)cnc5cnccc54)c3)cc2c1. The normalized spacial score (nSPS) is 11.3. The number of rotatable bonds is 3. The van der Waals surface area contributed by atoms with E-state index in [0.717, 1.165) is 22.2 Å². The molecule has 136 valence electrons. The summed E-state index contributed by atoms with van der Waals surface area (Å²) in [6.45, 7) is 0.489. The number of benzene rings is 2. The van der Waals surface area contributed by atoms with Gasteiger partial charge in [-0.05, 0) is 45.7 Å². The van der Waals surface area contributed by atoms with Crippen molar-refractivity contribution in [1.29, 1.82) is 0 Å². The molecule has 0 fully saturated rings. The van der Waals surface area contributed by atoms with Crippen molar-refractivity contribution in [3.63, 3.8) is 0 Å². The van der Waals surface area contributed by atoms with Crippen molar-refractivity contribution in [2.24, 2.45) is 7.05 Å². The topological polar surface area (TPSA) is 52.7 Å². The average molecular weight is 366 g/mol. The summed E-state index contributed by atoms with van der Waals surface area (Å²) in [6.07, 6.45) is 8.96. The van der Waals surface area contributed by atoms with Crippen LogP contribution in [0.25, 0.3) is 32.9 Å². The Morgan fingerprint density at radius 2 is 1.79 bits per heavy atom. The van der Waals surface area contributed by atoms with Crippen LogP contribution in [0.2, 0.25) is 0 Å². The summed E-state index contributed by atoms with van der Waals surface area (Å²) in [6, 6.07) is 16.6. The van der Waals surface area contributed by atoms with Crippen LogP contribution in [0.5, 0.6) is 0 Å². The van der Waals surface area contributed by atoms with E-state index in [9.17, 15) is 4.79 Å². The summed E-state index contributed by atoms with van der Waals surface area (Å²) in [7, 11) is 2.03. The van der Waals surface area contributed by atoms with Crippen molar-refractivity contribution in [1.82, 2.24) is 19.1 Å². The minimum absolute atomic E-state index is 0.116. The molecule has 0 saturated carbocycles. The van der Waals surface area contributed by atoms with Gasteiger partial charge in [0, 0.05) is 25.6 Å². The van der Waals surface area contributed by atoms with Crippen LogP contribution in [0.15, 0.2) is 84.3 Å². The molecule has 5 rings (SSSR count). The maximum atomic E-state index is 12.4. The fraction of sp³-hybridized carbons (Fsp3) is 0.0870. The Morgan fingerprint density at radius 3 is 2.71 bits per heavy atom. The number of hydrogen-bond donors (Lipinski definition) is 0. The van der Waals surface area contributed by atoms with E-state index in [0.29, 0.717) is 12.1 Å². The number of nitrogens with zero attached hydrogens (tertiary/aromatic N) is 4. The van der Waals surface area contributed by atoms with Crippen LogP contribution in [-0.4, -0.2) is 19.1 Å². The van der Waals surface area contributed by atoms with Gasteiger partial charge in [-0.2, -0.15) is 0 Å². The Bertz CT molecular complexity index is 1380. The lowest BCUT2D eigenvalue weighted by molar-refractivity contribution is 0.786. The number of hydrogen-bond acceptors (Lipinski definition) is 3. The maximum absolute atomic E-state index is 12.4. The lowest BCUT2D eigenvalue weighted by Crippen LogP contribution is -2.21. The second-order valence-corrected chi connectivity index (χ2v) is 7.01. The predicted molar refractivity (Wildman–Crippen MR) is 111 cm³/mol. The van der Waals surface area contributed by atoms with Gasteiger partial charge in [0.15, 0.2) is 0 Å². The first-order chi connectivity index (χ1) is 13.7. The van der Waals surface area contributed by atoms with Crippen LogP contribution in [0.4, 0.5) is 0 Å². The van der Waals surface area contributed by atoms with Gasteiger partial charge in [-0.25, -0.2) is 4.98 Å². The molecule has 0 saturated heterocycles. The molecular formula is C23H18N4O. The zero-order chi connectivity index (χ0) is 19.1. The van der Waals surface area contributed by atoms with Gasteiger partial charge in [0.2, 0.25) is 0 Å². The Labute approximate surface area is 161 Å². The number of aryl methyl sites for hydroxylation is 1. The third-order valence-corrected chi connectivity index (χ3v) is 5.02. The largest absolute Gasteiger partial charge is 0.356 e. The van der Waals surface area contributed by atoms with Crippen LogP contribution in [-0.2, 0) is 13.6 Å². The molecule has 0 radical (unpaired) electrons. The first kappa shape index (κ1) is 16.4. The van der Waals surface area contributed by atoms with Crippen LogP contribution < -0.4 is 5.56 Å². The molecule has 2 aromatic carbocycles. The number of aromatic nitrogens is 4. The van der Waals surface area contributed by atoms with Crippen molar-refractivity contribution in [3.8, 4) is 11.1 Å². The highest BCUT2D eigenvalue weighted by Gasteiger charge is 2.07. The quantitative estimate of drug-likeness (QED) is 0.485. The van der Waals surface area contributed by atoms with Crippen molar-refractivity contribution in [2.45, 2.75) is 6.54 Å². The number of pyridine rings is 1. The van der Waals surface area contributed by atoms with Crippen molar-refractivity contribution < 1.29 is 0 Å². The van der Waals surface area contributed by atoms with Gasteiger partial charge in [-0.15, -0.1) is 0 Å². The lowest BCUT2D eigenvalue weighted by Gasteiger charge is -2.11. The van der Waals surface area contributed by atoms with Crippen LogP contribution in [0.1, 0.15) is 5.56 Å². The summed E-state index contributed by atoms with van der Waals surface area (Å²) >= 11 is 0. The highest BCUT2D eigenvalue weighted by molar-refractivity contribution is 5.87. The van der Waals surface area contributed by atoms with Gasteiger partial charge in [-0.1, -0.05) is 30.3 Å². The third-order valence-electron chi connectivity index (χ3n) is 5.02. The zero-order valence-corrected chi connectivity index (χ0v) is 15.4. The van der Waals surface area contributed by atoms with Crippen molar-refractivity contribution in [2.75, 3.05) is 0 Å². The summed E-state index contributed by atoms with van der Waals surface area (Å²) in [5.74, 6) is 0. The predicted octanol–water partition coefficient (Wildman–Crippen LogP) is 4.00. The molecule has 0 aliphatic rings. The van der Waals surface area contributed by atoms with Crippen molar-refractivity contribution >= 4 is 21.8 Å². The molecular weight excluding hydrogens is 348 g/mol. The molecule has 5 heteroatoms. The van der Waals surface area contributed by atoms with Gasteiger partial charge in [0.1, 0.15) is 5.52 Å². The van der Waals surface area contributed by atoms with E-state index in [2.05, 4.69) is 57.3 Å². The Morgan fingerprint density at radius 1 is 0.929 bits per heavy atom. The average Bonchev–Trinajstić information content (AvgIpc) is 3.09. The monoisotopic (exact) mass is 366 g/mol. The summed E-state index contributed by atoms with van der Waals surface area (Å²) in [5.41, 5.74) is 4.76. The van der Waals surface area contributed by atoms with Crippen LogP contribution in [0, 0.1) is 0 Å². The fourth-order valence-electron chi connectivity index (χ4n) is 3.67. The minimum Gasteiger partial charge on any atom is -0.356 e. The summed E-state index contributed by atoms with van der Waals surface area (Å²) in [5, 5.41) is 2.44. The molecule has 3 heterocycles. The molecule has 0 atom stereocenters. The molecule has 5 aromatic rings. The van der Waals surface area contributed by atoms with E-state index in [1.54, 1.807) is 17.0 Å². The Balaban J connectivity index is 1.56. The van der Waals surface area contributed by atoms with E-state index in [1.807, 2.05) is 25.2 Å². The molecule has 3 aromatic heterocycles. The van der Waals surface area contributed by atoms with E-state index < -0.39 is 0 Å². The van der Waals surface area contributed by atoms with E-state index in [1.165, 1.54) is 17.0 Å². The second kappa shape index (κ2) is 6.46. The molecule has 0 aliphatic heterocycles. The van der Waals surface area contributed by atoms with E-state index >= 15 is 0 Å². The lowest BCUT2D eigenvalue weighted by atomic mass is 10.0. The highest BCUT2D eigenvalue weighted by atomic mass is 16.1. The molecule has 5 nitrogen and oxygen atoms in total. The molecule has 0 spiro atoms. The van der Waals surface area contributed by atoms with E-state index in [-0.39, 0.29) is 5.56 Å². The third kappa shape index (κ3) is 2.87. The smallest absolute Gasteiger partial charge is 0.269 e. The molecule has 0 unspecified atom stereocenters. The van der Waals surface area contributed by atoms with Crippen LogP contribution in [0.3, 0.4) is 0 Å². The van der Waals surface area contributed by atoms with Crippen molar-refractivity contribution in [3.05, 3.63) is 95.4 Å². The Hall–Kier alpha value is -3.73. The van der Waals surface area contributed by atoms with E-state index in [4.69, 9.17) is 0 Å². The standard InChI is InChI=1S/C23H18N4O/c1-26-14-19-6-5-18(10-20(19)15-26)17-4-2-3-16(9-17)13-27-22-7-8-24-11-21(22)25-12-23(27)28/h2-12,14-15H,13H2,1H3. The molecule has 0 N–H and O–H groups in total. The summed E-state index contributed by atoms with van der Waals surface area (Å²) < 4.78 is 3.81. The highest BCUT2D eigenvalue weighted by Crippen LogP contribution is 2.26. The molecule has 0 aliphatic carbocycles. The first-order valence-electron chi connectivity index (χ1n) is 9.12. The zero-order valence-electron chi connectivity index (χ0n) is 15.4. The van der Waals surface area contributed by atoms with Gasteiger partial charge in [0.25, 0.3) is 5.56 Å². The summed E-state index contributed by atoms with van der Waals surface area (Å²) in [4.78, 5) is 20.7. The molecule has 28 heavy (non-hydrogen) atoms.